The highest BCUT2D eigenvalue weighted by Crippen LogP contribution is 2.25. The third kappa shape index (κ3) is 5.29. The van der Waals surface area contributed by atoms with E-state index in [2.05, 4.69) is 4.72 Å². The molecular formula is C21H26N2O6S. The van der Waals surface area contributed by atoms with Crippen molar-refractivity contribution in [1.29, 1.82) is 0 Å². The maximum absolute atomic E-state index is 12.9. The zero-order chi connectivity index (χ0) is 21.6. The van der Waals surface area contributed by atoms with E-state index in [4.69, 9.17) is 14.2 Å². The lowest BCUT2D eigenvalue weighted by Gasteiger charge is -2.27. The van der Waals surface area contributed by atoms with Gasteiger partial charge in [-0.25, -0.2) is 13.1 Å². The van der Waals surface area contributed by atoms with Gasteiger partial charge in [0, 0.05) is 19.6 Å². The fourth-order valence-corrected chi connectivity index (χ4v) is 4.18. The van der Waals surface area contributed by atoms with Crippen LogP contribution in [0.5, 0.6) is 11.5 Å². The summed E-state index contributed by atoms with van der Waals surface area (Å²) in [4.78, 5) is 14.5. The van der Waals surface area contributed by atoms with Gasteiger partial charge < -0.3 is 19.1 Å². The number of carbonyl (C=O) groups is 1. The summed E-state index contributed by atoms with van der Waals surface area (Å²) in [7, 11) is -2.39. The quantitative estimate of drug-likeness (QED) is 0.683. The van der Waals surface area contributed by atoms with Crippen LogP contribution in [0.2, 0.25) is 0 Å². The summed E-state index contributed by atoms with van der Waals surface area (Å²) in [6.45, 7) is 4.32. The molecule has 0 aromatic heterocycles. The zero-order valence-electron chi connectivity index (χ0n) is 17.1. The SMILES string of the molecule is CCOc1cccc(CNS(=O)(=O)c2ccc(OC)c(C(=O)N3CCOCC3)c2)c1. The Morgan fingerprint density at radius 1 is 1.17 bits per heavy atom. The van der Waals surface area contributed by atoms with Crippen molar-refractivity contribution in [1.82, 2.24) is 9.62 Å². The highest BCUT2D eigenvalue weighted by atomic mass is 32.2. The Labute approximate surface area is 176 Å². The van der Waals surface area contributed by atoms with Crippen LogP contribution in [0, 0.1) is 0 Å². The lowest BCUT2D eigenvalue weighted by Crippen LogP contribution is -2.40. The van der Waals surface area contributed by atoms with Gasteiger partial charge in [0.25, 0.3) is 5.91 Å². The molecule has 2 aromatic carbocycles. The number of benzene rings is 2. The Morgan fingerprint density at radius 2 is 1.93 bits per heavy atom. The van der Waals surface area contributed by atoms with Crippen LogP contribution in [0.25, 0.3) is 0 Å². The zero-order valence-corrected chi connectivity index (χ0v) is 17.9. The fourth-order valence-electron chi connectivity index (χ4n) is 3.13. The van der Waals surface area contributed by atoms with Gasteiger partial charge in [-0.15, -0.1) is 0 Å². The molecule has 1 fully saturated rings. The van der Waals surface area contributed by atoms with Crippen LogP contribution in [0.15, 0.2) is 47.4 Å². The number of amides is 1. The molecule has 1 aliphatic rings. The van der Waals surface area contributed by atoms with Crippen molar-refractivity contribution < 1.29 is 27.4 Å². The molecular weight excluding hydrogens is 408 g/mol. The first-order valence-corrected chi connectivity index (χ1v) is 11.2. The molecule has 0 atom stereocenters. The number of rotatable bonds is 8. The minimum atomic E-state index is -3.84. The van der Waals surface area contributed by atoms with Crippen molar-refractivity contribution in [2.24, 2.45) is 0 Å². The summed E-state index contributed by atoms with van der Waals surface area (Å²) in [5.41, 5.74) is 0.975. The van der Waals surface area contributed by atoms with E-state index in [1.54, 1.807) is 17.0 Å². The molecule has 0 saturated carbocycles. The molecule has 0 aliphatic carbocycles. The van der Waals surface area contributed by atoms with Crippen molar-refractivity contribution in [2.45, 2.75) is 18.4 Å². The van der Waals surface area contributed by atoms with Crippen molar-refractivity contribution >= 4 is 15.9 Å². The average molecular weight is 435 g/mol. The largest absolute Gasteiger partial charge is 0.496 e. The first kappa shape index (κ1) is 22.1. The minimum Gasteiger partial charge on any atom is -0.496 e. The number of hydrogen-bond donors (Lipinski definition) is 1. The second-order valence-corrected chi connectivity index (χ2v) is 8.44. The first-order chi connectivity index (χ1) is 14.4. The molecule has 9 heteroatoms. The summed E-state index contributed by atoms with van der Waals surface area (Å²) in [6, 6.07) is 11.5. The molecule has 0 unspecified atom stereocenters. The summed E-state index contributed by atoms with van der Waals surface area (Å²) in [6.07, 6.45) is 0. The first-order valence-electron chi connectivity index (χ1n) is 9.71. The Morgan fingerprint density at radius 3 is 2.63 bits per heavy atom. The number of sulfonamides is 1. The van der Waals surface area contributed by atoms with Gasteiger partial charge in [-0.3, -0.25) is 4.79 Å². The van der Waals surface area contributed by atoms with E-state index < -0.39 is 10.0 Å². The van der Waals surface area contributed by atoms with Gasteiger partial charge in [-0.05, 0) is 42.8 Å². The molecule has 0 radical (unpaired) electrons. The van der Waals surface area contributed by atoms with Gasteiger partial charge in [-0.2, -0.15) is 0 Å². The van der Waals surface area contributed by atoms with Crippen LogP contribution in [0.3, 0.4) is 0 Å². The van der Waals surface area contributed by atoms with E-state index in [1.165, 1.54) is 25.3 Å². The summed E-state index contributed by atoms with van der Waals surface area (Å²) in [5, 5.41) is 0. The minimum absolute atomic E-state index is 0.000808. The lowest BCUT2D eigenvalue weighted by molar-refractivity contribution is 0.0300. The molecule has 8 nitrogen and oxygen atoms in total. The molecule has 2 aromatic rings. The van der Waals surface area contributed by atoms with Crippen LogP contribution in [-0.2, 0) is 21.3 Å². The third-order valence-corrected chi connectivity index (χ3v) is 6.08. The van der Waals surface area contributed by atoms with E-state index in [9.17, 15) is 13.2 Å². The van der Waals surface area contributed by atoms with Crippen LogP contribution < -0.4 is 14.2 Å². The Kier molecular flexibility index (Phi) is 7.30. The summed E-state index contributed by atoms with van der Waals surface area (Å²) in [5.74, 6) is 0.725. The van der Waals surface area contributed by atoms with E-state index in [-0.39, 0.29) is 22.9 Å². The highest BCUT2D eigenvalue weighted by molar-refractivity contribution is 7.89. The number of hydrogen-bond acceptors (Lipinski definition) is 6. The van der Waals surface area contributed by atoms with E-state index in [1.807, 2.05) is 19.1 Å². The number of morpholine rings is 1. The standard InChI is InChI=1S/C21H26N2O6S/c1-3-29-17-6-4-5-16(13-17)15-22-30(25,26)18-7-8-20(27-2)19(14-18)21(24)23-9-11-28-12-10-23/h4-8,13-14,22H,3,9-12,15H2,1-2H3. The number of nitrogens with one attached hydrogen (secondary N) is 1. The number of ether oxygens (including phenoxy) is 3. The highest BCUT2D eigenvalue weighted by Gasteiger charge is 2.24. The van der Waals surface area contributed by atoms with Gasteiger partial charge in [-0.1, -0.05) is 12.1 Å². The molecule has 1 aliphatic heterocycles. The monoisotopic (exact) mass is 434 g/mol. The Balaban J connectivity index is 1.80. The second-order valence-electron chi connectivity index (χ2n) is 6.67. The predicted molar refractivity (Wildman–Crippen MR) is 111 cm³/mol. The van der Waals surface area contributed by atoms with Crippen molar-refractivity contribution in [3.8, 4) is 11.5 Å². The molecule has 1 saturated heterocycles. The summed E-state index contributed by atoms with van der Waals surface area (Å²) >= 11 is 0. The third-order valence-electron chi connectivity index (χ3n) is 4.69. The smallest absolute Gasteiger partial charge is 0.257 e. The normalized spacial score (nSPS) is 14.4. The van der Waals surface area contributed by atoms with E-state index in [0.29, 0.717) is 44.4 Å². The molecule has 1 heterocycles. The van der Waals surface area contributed by atoms with E-state index in [0.717, 1.165) is 5.56 Å². The second kappa shape index (κ2) is 9.92. The van der Waals surface area contributed by atoms with Gasteiger partial charge in [0.15, 0.2) is 0 Å². The van der Waals surface area contributed by atoms with Gasteiger partial charge in [0.1, 0.15) is 11.5 Å². The van der Waals surface area contributed by atoms with Gasteiger partial charge in [0.2, 0.25) is 10.0 Å². The topological polar surface area (TPSA) is 94.2 Å². The van der Waals surface area contributed by atoms with Crippen molar-refractivity contribution in [3.05, 3.63) is 53.6 Å². The van der Waals surface area contributed by atoms with Crippen LogP contribution in [0.4, 0.5) is 0 Å². The van der Waals surface area contributed by atoms with Gasteiger partial charge in [0.05, 0.1) is 37.4 Å². The van der Waals surface area contributed by atoms with Crippen LogP contribution in [-0.4, -0.2) is 59.2 Å². The van der Waals surface area contributed by atoms with Gasteiger partial charge >= 0.3 is 0 Å². The molecule has 1 amide bonds. The Hall–Kier alpha value is -2.62. The number of nitrogens with zero attached hydrogens (tertiary/aromatic N) is 1. The molecule has 30 heavy (non-hydrogen) atoms. The van der Waals surface area contributed by atoms with Crippen LogP contribution in [0.1, 0.15) is 22.8 Å². The maximum Gasteiger partial charge on any atom is 0.257 e. The molecule has 0 spiro atoms. The predicted octanol–water partition coefficient (Wildman–Crippen LogP) is 2.04. The van der Waals surface area contributed by atoms with Crippen LogP contribution >= 0.6 is 0 Å². The van der Waals surface area contributed by atoms with Crippen molar-refractivity contribution in [3.63, 3.8) is 0 Å². The Bertz CT molecular complexity index is 987. The lowest BCUT2D eigenvalue weighted by atomic mass is 10.1. The molecule has 3 rings (SSSR count). The fraction of sp³-hybridized carbons (Fsp3) is 0.381. The molecule has 0 bridgehead atoms. The van der Waals surface area contributed by atoms with E-state index >= 15 is 0 Å². The average Bonchev–Trinajstić information content (AvgIpc) is 2.78. The molecule has 162 valence electrons. The number of methoxy groups -OCH3 is 1. The molecule has 1 N–H and O–H groups in total. The summed E-state index contributed by atoms with van der Waals surface area (Å²) < 4.78 is 44.3. The maximum atomic E-state index is 12.9. The number of carbonyl (C=O) groups excluding carboxylic acids is 1. The van der Waals surface area contributed by atoms with Crippen molar-refractivity contribution in [2.75, 3.05) is 40.0 Å².